The minimum absolute atomic E-state index is 0.0156. The van der Waals surface area contributed by atoms with Crippen LogP contribution in [0.2, 0.25) is 0 Å². The fourth-order valence-electron chi connectivity index (χ4n) is 1.55. The lowest BCUT2D eigenvalue weighted by Crippen LogP contribution is -2.34. The van der Waals surface area contributed by atoms with E-state index in [1.165, 1.54) is 0 Å². The van der Waals surface area contributed by atoms with E-state index in [1.54, 1.807) is 12.1 Å². The molecule has 5 nitrogen and oxygen atoms in total. The molecular formula is C13H16N2O3. The first-order valence-electron chi connectivity index (χ1n) is 5.76. The summed E-state index contributed by atoms with van der Waals surface area (Å²) in [4.78, 5) is 25.3. The van der Waals surface area contributed by atoms with Crippen molar-refractivity contribution in [2.45, 2.75) is 27.3 Å². The van der Waals surface area contributed by atoms with E-state index in [4.69, 9.17) is 4.42 Å². The molecule has 2 N–H and O–H groups in total. The van der Waals surface area contributed by atoms with Gasteiger partial charge in [0.15, 0.2) is 5.58 Å². The number of carbonyl (C=O) groups excluding carboxylic acids is 1. The van der Waals surface area contributed by atoms with Crippen LogP contribution in [0.3, 0.4) is 0 Å². The average molecular weight is 248 g/mol. The molecule has 1 amide bonds. The summed E-state index contributed by atoms with van der Waals surface area (Å²) in [6.45, 7) is 5.99. The molecule has 0 aliphatic carbocycles. The molecule has 96 valence electrons. The van der Waals surface area contributed by atoms with Crippen molar-refractivity contribution in [1.82, 2.24) is 10.3 Å². The highest BCUT2D eigenvalue weighted by Gasteiger charge is 2.20. The van der Waals surface area contributed by atoms with E-state index in [0.29, 0.717) is 17.6 Å². The SMILES string of the molecule is CC(C)(C)C(=O)NCc1ccc2[nH]c(=O)oc2c1. The first-order chi connectivity index (χ1) is 8.36. The number of benzene rings is 1. The number of rotatable bonds is 2. The molecule has 0 saturated carbocycles. The average Bonchev–Trinajstić information content (AvgIpc) is 2.63. The standard InChI is InChI=1S/C13H16N2O3/c1-13(2,3)11(16)14-7-8-4-5-9-10(6-8)18-12(17)15-9/h4-6H,7H2,1-3H3,(H,14,16)(H,15,17). The van der Waals surface area contributed by atoms with E-state index >= 15 is 0 Å². The molecule has 5 heteroatoms. The second kappa shape index (κ2) is 4.33. The number of fused-ring (bicyclic) bond motifs is 1. The molecule has 0 saturated heterocycles. The Morgan fingerprint density at radius 2 is 2.11 bits per heavy atom. The maximum atomic E-state index is 11.7. The zero-order chi connectivity index (χ0) is 13.3. The summed E-state index contributed by atoms with van der Waals surface area (Å²) in [6.07, 6.45) is 0. The van der Waals surface area contributed by atoms with Crippen LogP contribution in [0.5, 0.6) is 0 Å². The van der Waals surface area contributed by atoms with Gasteiger partial charge in [-0.1, -0.05) is 26.8 Å². The molecule has 1 aromatic carbocycles. The number of oxazole rings is 1. The van der Waals surface area contributed by atoms with Gasteiger partial charge in [-0.05, 0) is 17.7 Å². The van der Waals surface area contributed by atoms with Crippen molar-refractivity contribution in [3.63, 3.8) is 0 Å². The van der Waals surface area contributed by atoms with Crippen LogP contribution in [-0.4, -0.2) is 10.9 Å². The monoisotopic (exact) mass is 248 g/mol. The van der Waals surface area contributed by atoms with Crippen molar-refractivity contribution < 1.29 is 9.21 Å². The van der Waals surface area contributed by atoms with Crippen LogP contribution in [0, 0.1) is 5.41 Å². The van der Waals surface area contributed by atoms with Crippen LogP contribution >= 0.6 is 0 Å². The van der Waals surface area contributed by atoms with E-state index < -0.39 is 11.2 Å². The molecule has 0 fully saturated rings. The molecule has 0 atom stereocenters. The lowest BCUT2D eigenvalue weighted by atomic mass is 9.95. The molecular weight excluding hydrogens is 232 g/mol. The third-order valence-corrected chi connectivity index (χ3v) is 2.62. The van der Waals surface area contributed by atoms with Gasteiger partial charge in [0.05, 0.1) is 5.52 Å². The number of H-pyrrole nitrogens is 1. The highest BCUT2D eigenvalue weighted by molar-refractivity contribution is 5.81. The summed E-state index contributed by atoms with van der Waals surface area (Å²) in [5.41, 5.74) is 1.64. The van der Waals surface area contributed by atoms with Gasteiger partial charge in [-0.3, -0.25) is 9.78 Å². The van der Waals surface area contributed by atoms with E-state index in [9.17, 15) is 9.59 Å². The van der Waals surface area contributed by atoms with Crippen molar-refractivity contribution in [2.24, 2.45) is 5.41 Å². The Labute approximate surface area is 104 Å². The number of nitrogens with one attached hydrogen (secondary N) is 2. The Hall–Kier alpha value is -2.04. The van der Waals surface area contributed by atoms with Crippen LogP contribution < -0.4 is 11.1 Å². The zero-order valence-electron chi connectivity index (χ0n) is 10.7. The fraction of sp³-hybridized carbons (Fsp3) is 0.385. The van der Waals surface area contributed by atoms with Crippen LogP contribution in [0.15, 0.2) is 27.4 Å². The summed E-state index contributed by atoms with van der Waals surface area (Å²) in [6, 6.07) is 5.35. The highest BCUT2D eigenvalue weighted by atomic mass is 16.4. The Morgan fingerprint density at radius 1 is 1.39 bits per heavy atom. The van der Waals surface area contributed by atoms with Gasteiger partial charge in [0.1, 0.15) is 0 Å². The number of amides is 1. The molecule has 1 aromatic heterocycles. The van der Waals surface area contributed by atoms with Gasteiger partial charge in [-0.2, -0.15) is 0 Å². The largest absolute Gasteiger partial charge is 0.417 e. The van der Waals surface area contributed by atoms with Gasteiger partial charge in [-0.25, -0.2) is 4.79 Å². The van der Waals surface area contributed by atoms with Gasteiger partial charge < -0.3 is 9.73 Å². The van der Waals surface area contributed by atoms with Crippen LogP contribution in [0.25, 0.3) is 11.1 Å². The second-order valence-electron chi connectivity index (χ2n) is 5.28. The van der Waals surface area contributed by atoms with Gasteiger partial charge in [-0.15, -0.1) is 0 Å². The molecule has 0 unspecified atom stereocenters. The first kappa shape index (κ1) is 12.4. The van der Waals surface area contributed by atoms with Gasteiger partial charge >= 0.3 is 5.76 Å². The fourth-order valence-corrected chi connectivity index (χ4v) is 1.55. The lowest BCUT2D eigenvalue weighted by molar-refractivity contribution is -0.128. The maximum absolute atomic E-state index is 11.7. The maximum Gasteiger partial charge on any atom is 0.417 e. The van der Waals surface area contributed by atoms with E-state index in [1.807, 2.05) is 26.8 Å². The summed E-state index contributed by atoms with van der Waals surface area (Å²) in [5, 5.41) is 2.84. The number of hydrogen-bond donors (Lipinski definition) is 2. The van der Waals surface area contributed by atoms with E-state index in [0.717, 1.165) is 5.56 Å². The van der Waals surface area contributed by atoms with Crippen molar-refractivity contribution in [1.29, 1.82) is 0 Å². The van der Waals surface area contributed by atoms with Crippen molar-refractivity contribution in [2.75, 3.05) is 0 Å². The summed E-state index contributed by atoms with van der Waals surface area (Å²) in [5.74, 6) is -0.487. The zero-order valence-corrected chi connectivity index (χ0v) is 10.7. The van der Waals surface area contributed by atoms with E-state index in [2.05, 4.69) is 10.3 Å². The molecule has 18 heavy (non-hydrogen) atoms. The first-order valence-corrected chi connectivity index (χ1v) is 5.76. The summed E-state index contributed by atoms with van der Waals surface area (Å²) >= 11 is 0. The Kier molecular flexibility index (Phi) is 2.98. The molecule has 0 bridgehead atoms. The van der Waals surface area contributed by atoms with Crippen molar-refractivity contribution >= 4 is 17.0 Å². The number of carbonyl (C=O) groups is 1. The molecule has 0 radical (unpaired) electrons. The summed E-state index contributed by atoms with van der Waals surface area (Å²) in [7, 11) is 0. The molecule has 0 spiro atoms. The Balaban J connectivity index is 2.13. The van der Waals surface area contributed by atoms with Gasteiger partial charge in [0, 0.05) is 12.0 Å². The second-order valence-corrected chi connectivity index (χ2v) is 5.28. The molecule has 0 aliphatic heterocycles. The smallest absolute Gasteiger partial charge is 0.408 e. The van der Waals surface area contributed by atoms with Crippen LogP contribution in [0.1, 0.15) is 26.3 Å². The lowest BCUT2D eigenvalue weighted by Gasteiger charge is -2.17. The van der Waals surface area contributed by atoms with Gasteiger partial charge in [0.25, 0.3) is 0 Å². The number of aromatic amines is 1. The predicted molar refractivity (Wildman–Crippen MR) is 68.1 cm³/mol. The molecule has 1 heterocycles. The molecule has 2 aromatic rings. The third-order valence-electron chi connectivity index (χ3n) is 2.62. The number of hydrogen-bond acceptors (Lipinski definition) is 3. The van der Waals surface area contributed by atoms with Crippen LogP contribution in [-0.2, 0) is 11.3 Å². The minimum atomic E-state index is -0.471. The predicted octanol–water partition coefficient (Wildman–Crippen LogP) is 1.78. The summed E-state index contributed by atoms with van der Waals surface area (Å²) < 4.78 is 4.96. The molecule has 2 rings (SSSR count). The van der Waals surface area contributed by atoms with Crippen molar-refractivity contribution in [3.05, 3.63) is 34.3 Å². The normalized spacial score (nSPS) is 11.7. The minimum Gasteiger partial charge on any atom is -0.408 e. The van der Waals surface area contributed by atoms with Crippen LogP contribution in [0.4, 0.5) is 0 Å². The van der Waals surface area contributed by atoms with E-state index in [-0.39, 0.29) is 5.91 Å². The van der Waals surface area contributed by atoms with Gasteiger partial charge in [0.2, 0.25) is 5.91 Å². The Morgan fingerprint density at radius 3 is 2.78 bits per heavy atom. The Bertz CT molecular complexity index is 631. The highest BCUT2D eigenvalue weighted by Crippen LogP contribution is 2.15. The third kappa shape index (κ3) is 2.61. The van der Waals surface area contributed by atoms with Crippen molar-refractivity contribution in [3.8, 4) is 0 Å². The number of aromatic nitrogens is 1. The quantitative estimate of drug-likeness (QED) is 0.850. The topological polar surface area (TPSA) is 75.1 Å². The molecule has 0 aliphatic rings.